The Balaban J connectivity index is 1.38. The Morgan fingerprint density at radius 3 is 2.56 bits per heavy atom. The van der Waals surface area contributed by atoms with Gasteiger partial charge in [0.15, 0.2) is 0 Å². The first kappa shape index (κ1) is 34.2. The van der Waals surface area contributed by atoms with Crippen molar-refractivity contribution < 1.29 is 28.9 Å². The van der Waals surface area contributed by atoms with Gasteiger partial charge >= 0.3 is 5.97 Å². The Morgan fingerprint density at radius 1 is 0.960 bits per heavy atom. The summed E-state index contributed by atoms with van der Waals surface area (Å²) in [6, 6.07) is 9.35. The zero-order valence-electron chi connectivity index (χ0n) is 29.1. The number of hydrogen-bond donors (Lipinski definition) is 3. The number of carboxylic acids is 1. The molecule has 0 radical (unpaired) electrons. The SMILES string of the molecule is CCCCc1cc2c(c3c1=NCCC3)Oc1c(cc3c4c1CCCN4CCC3)C=2c1cc(C(=O)NCCOCCOCCN)ccc1C(=O)O. The maximum atomic E-state index is 13.5. The summed E-state index contributed by atoms with van der Waals surface area (Å²) < 4.78 is 18.0. The molecule has 4 aliphatic heterocycles. The van der Waals surface area contributed by atoms with Crippen LogP contribution in [-0.4, -0.2) is 76.1 Å². The van der Waals surface area contributed by atoms with Crippen molar-refractivity contribution in [2.45, 2.75) is 64.7 Å². The average Bonchev–Trinajstić information content (AvgIpc) is 3.14. The van der Waals surface area contributed by atoms with E-state index in [9.17, 15) is 14.7 Å². The fourth-order valence-corrected chi connectivity index (χ4v) is 8.00. The molecule has 0 saturated carbocycles. The number of carboxylic acid groups (broad SMARTS) is 1. The normalized spacial score (nSPS) is 15.6. The number of fused-ring (bicyclic) bond motifs is 5. The molecule has 1 amide bonds. The number of ether oxygens (including phenoxy) is 3. The smallest absolute Gasteiger partial charge is 0.336 e. The summed E-state index contributed by atoms with van der Waals surface area (Å²) in [4.78, 5) is 34.0. The van der Waals surface area contributed by atoms with Crippen LogP contribution >= 0.6 is 0 Å². The highest BCUT2D eigenvalue weighted by Crippen LogP contribution is 2.48. The molecule has 0 fully saturated rings. The van der Waals surface area contributed by atoms with E-state index < -0.39 is 5.97 Å². The summed E-state index contributed by atoms with van der Waals surface area (Å²) in [5.41, 5.74) is 14.3. The first-order chi connectivity index (χ1) is 24.5. The molecular weight excluding hydrogens is 632 g/mol. The lowest BCUT2D eigenvalue weighted by atomic mass is 9.81. The minimum atomic E-state index is -1.04. The number of anilines is 1. The summed E-state index contributed by atoms with van der Waals surface area (Å²) in [5, 5.41) is 15.5. The van der Waals surface area contributed by atoms with Gasteiger partial charge in [-0.1, -0.05) is 13.3 Å². The summed E-state index contributed by atoms with van der Waals surface area (Å²) in [6.07, 6.45) is 8.75. The van der Waals surface area contributed by atoms with E-state index in [1.165, 1.54) is 22.4 Å². The van der Waals surface area contributed by atoms with Gasteiger partial charge in [-0.05, 0) is 98.4 Å². The van der Waals surface area contributed by atoms with Gasteiger partial charge in [0.1, 0.15) is 11.5 Å². The second-order valence-corrected chi connectivity index (χ2v) is 13.6. The van der Waals surface area contributed by atoms with Gasteiger partial charge in [0.25, 0.3) is 5.91 Å². The van der Waals surface area contributed by atoms with Crippen LogP contribution in [0.15, 0.2) is 35.3 Å². The fourth-order valence-electron chi connectivity index (χ4n) is 8.00. The van der Waals surface area contributed by atoms with Crippen LogP contribution in [0.3, 0.4) is 0 Å². The summed E-state index contributed by atoms with van der Waals surface area (Å²) in [6.45, 7) is 7.48. The summed E-state index contributed by atoms with van der Waals surface area (Å²) in [5.74, 6) is 0.284. The summed E-state index contributed by atoms with van der Waals surface area (Å²) >= 11 is 0. The zero-order valence-corrected chi connectivity index (χ0v) is 29.1. The van der Waals surface area contributed by atoms with E-state index in [0.29, 0.717) is 50.6 Å². The van der Waals surface area contributed by atoms with Gasteiger partial charge in [0.2, 0.25) is 0 Å². The number of carbonyl (C=O) groups excluding carboxylic acids is 1. The predicted octanol–water partition coefficient (Wildman–Crippen LogP) is 4.07. The molecule has 0 aromatic heterocycles. The highest BCUT2D eigenvalue weighted by molar-refractivity contribution is 6.02. The zero-order chi connectivity index (χ0) is 34.6. The number of nitrogens with one attached hydrogen (secondary N) is 1. The molecular formula is C40H48N4O6. The van der Waals surface area contributed by atoms with Crippen molar-refractivity contribution in [3.63, 3.8) is 0 Å². The molecule has 0 saturated heterocycles. The molecule has 10 nitrogen and oxygen atoms in total. The number of hydrogen-bond acceptors (Lipinski definition) is 8. The number of nitrogens with two attached hydrogens (primary N) is 1. The first-order valence-corrected chi connectivity index (χ1v) is 18.4. The molecule has 264 valence electrons. The number of aryl methyl sites for hydroxylation is 2. The van der Waals surface area contributed by atoms with E-state index >= 15 is 0 Å². The molecule has 10 heteroatoms. The largest absolute Gasteiger partial charge is 0.478 e. The average molecular weight is 681 g/mol. The molecule has 7 rings (SSSR count). The van der Waals surface area contributed by atoms with E-state index in [4.69, 9.17) is 24.9 Å². The number of nitrogens with zero attached hydrogens (tertiary/aromatic N) is 2. The molecule has 0 unspecified atom stereocenters. The van der Waals surface area contributed by atoms with Crippen LogP contribution in [0.5, 0.6) is 11.5 Å². The number of unbranched alkanes of at least 4 members (excludes halogenated alkanes) is 1. The van der Waals surface area contributed by atoms with Gasteiger partial charge in [0, 0.05) is 71.5 Å². The van der Waals surface area contributed by atoms with Gasteiger partial charge in [-0.25, -0.2) is 4.79 Å². The first-order valence-electron chi connectivity index (χ1n) is 18.4. The third kappa shape index (κ3) is 6.64. The van der Waals surface area contributed by atoms with E-state index in [2.05, 4.69) is 29.3 Å². The highest BCUT2D eigenvalue weighted by atomic mass is 16.5. The van der Waals surface area contributed by atoms with Crippen LogP contribution in [0.2, 0.25) is 0 Å². The van der Waals surface area contributed by atoms with Gasteiger partial charge in [0.05, 0.1) is 37.3 Å². The minimum absolute atomic E-state index is 0.154. The fraction of sp³-hybridized carbons (Fsp3) is 0.475. The van der Waals surface area contributed by atoms with E-state index in [1.54, 1.807) is 18.2 Å². The standard InChI is InChI=1S/C40H48N4O6/c1-2-3-7-25-22-32-34(31-24-27(11-12-28(31)40(46)47)39(45)43-15-19-49-21-20-48-18-13-41)33-23-26-8-5-16-44-17-6-10-30(36(26)44)38(33)50-37(32)29-9-4-14-42-35(25)29/h11-12,22-24H,2-10,13-21,41H2,1H3,(H,43,45)(H,46,47). The topological polar surface area (TPSA) is 136 Å². The van der Waals surface area contributed by atoms with Gasteiger partial charge in [-0.15, -0.1) is 0 Å². The van der Waals surface area contributed by atoms with Crippen LogP contribution in [0.25, 0.3) is 5.57 Å². The van der Waals surface area contributed by atoms with Crippen molar-refractivity contribution in [1.82, 2.24) is 5.32 Å². The molecule has 4 N–H and O–H groups in total. The van der Waals surface area contributed by atoms with E-state index in [1.807, 2.05) is 0 Å². The van der Waals surface area contributed by atoms with Crippen LogP contribution < -0.4 is 31.3 Å². The second kappa shape index (κ2) is 15.3. The second-order valence-electron chi connectivity index (χ2n) is 13.6. The van der Waals surface area contributed by atoms with Gasteiger partial charge in [-0.3, -0.25) is 9.79 Å². The van der Waals surface area contributed by atoms with Crippen LogP contribution in [0, 0.1) is 0 Å². The third-order valence-electron chi connectivity index (χ3n) is 10.2. The maximum Gasteiger partial charge on any atom is 0.336 e. The molecule has 0 spiro atoms. The number of carbonyl (C=O) groups is 2. The van der Waals surface area contributed by atoms with Crippen molar-refractivity contribution in [1.29, 1.82) is 0 Å². The molecule has 0 bridgehead atoms. The van der Waals surface area contributed by atoms with Gasteiger partial charge in [-0.2, -0.15) is 0 Å². The Bertz CT molecular complexity index is 1920. The lowest BCUT2D eigenvalue weighted by Crippen LogP contribution is -2.36. The molecule has 3 aromatic rings. The number of aromatic carboxylic acids is 1. The predicted molar refractivity (Wildman–Crippen MR) is 192 cm³/mol. The maximum absolute atomic E-state index is 13.5. The lowest BCUT2D eigenvalue weighted by molar-refractivity contribution is 0.0511. The molecule has 0 atom stereocenters. The van der Waals surface area contributed by atoms with Crippen LogP contribution in [0.1, 0.15) is 93.1 Å². The Morgan fingerprint density at radius 2 is 1.76 bits per heavy atom. The van der Waals surface area contributed by atoms with Crippen molar-refractivity contribution in [3.8, 4) is 11.5 Å². The monoisotopic (exact) mass is 680 g/mol. The minimum Gasteiger partial charge on any atom is -0.478 e. The quantitative estimate of drug-likeness (QED) is 0.170. The molecule has 3 aromatic carbocycles. The van der Waals surface area contributed by atoms with E-state index in [-0.39, 0.29) is 11.5 Å². The Labute approximate surface area is 293 Å². The highest BCUT2D eigenvalue weighted by Gasteiger charge is 2.34. The third-order valence-corrected chi connectivity index (χ3v) is 10.2. The van der Waals surface area contributed by atoms with Gasteiger partial charge < -0.3 is 35.3 Å². The van der Waals surface area contributed by atoms with Crippen molar-refractivity contribution in [3.05, 3.63) is 85.4 Å². The number of rotatable bonds is 14. The van der Waals surface area contributed by atoms with E-state index in [0.717, 1.165) is 116 Å². The lowest BCUT2D eigenvalue weighted by Gasteiger charge is -2.39. The Hall–Kier alpha value is -4.25. The molecule has 4 heterocycles. The van der Waals surface area contributed by atoms with Crippen LogP contribution in [-0.2, 0) is 35.2 Å². The van der Waals surface area contributed by atoms with Crippen molar-refractivity contribution in [2.24, 2.45) is 10.7 Å². The Kier molecular flexibility index (Phi) is 10.5. The van der Waals surface area contributed by atoms with Crippen LogP contribution in [0.4, 0.5) is 5.69 Å². The molecule has 0 aliphatic carbocycles. The van der Waals surface area contributed by atoms with Crippen molar-refractivity contribution in [2.75, 3.05) is 64.1 Å². The molecule has 50 heavy (non-hydrogen) atoms. The van der Waals surface area contributed by atoms with Crippen molar-refractivity contribution >= 4 is 23.1 Å². The number of benzene rings is 3. The number of amides is 1. The molecule has 4 aliphatic rings. The summed E-state index contributed by atoms with van der Waals surface area (Å²) in [7, 11) is 0.